The van der Waals surface area contributed by atoms with E-state index in [4.69, 9.17) is 0 Å². The van der Waals surface area contributed by atoms with E-state index >= 15 is 0 Å². The molecule has 2 fully saturated rings. The summed E-state index contributed by atoms with van der Waals surface area (Å²) in [5, 5.41) is 3.64. The summed E-state index contributed by atoms with van der Waals surface area (Å²) >= 11 is 0. The smallest absolute Gasteiger partial charge is 0.150 e. The van der Waals surface area contributed by atoms with Crippen molar-refractivity contribution in [3.63, 3.8) is 0 Å². The number of sulfone groups is 1. The molecule has 0 aromatic carbocycles. The molecule has 106 valence electrons. The van der Waals surface area contributed by atoms with Crippen LogP contribution in [0.2, 0.25) is 0 Å². The summed E-state index contributed by atoms with van der Waals surface area (Å²) in [6, 6.07) is 2.05. The Labute approximate surface area is 111 Å². The van der Waals surface area contributed by atoms with Gasteiger partial charge in [-0.25, -0.2) is 8.42 Å². The van der Waals surface area contributed by atoms with E-state index in [1.54, 1.807) is 6.92 Å². The number of hydrogen-bond donors (Lipinski definition) is 1. The molecule has 2 atom stereocenters. The number of fused-ring (bicyclic) bond motifs is 2. The Balaban J connectivity index is 1.73. The van der Waals surface area contributed by atoms with Crippen LogP contribution in [0, 0.1) is 0 Å². The summed E-state index contributed by atoms with van der Waals surface area (Å²) in [6.45, 7) is 2.63. The monoisotopic (exact) mass is 274 g/mol. The van der Waals surface area contributed by atoms with Crippen molar-refractivity contribution in [3.05, 3.63) is 0 Å². The Morgan fingerprint density at radius 2 is 1.83 bits per heavy atom. The molecule has 2 bridgehead atoms. The van der Waals surface area contributed by atoms with Gasteiger partial charge in [0.1, 0.15) is 9.84 Å². The van der Waals surface area contributed by atoms with E-state index in [9.17, 15) is 8.42 Å². The summed E-state index contributed by atoms with van der Waals surface area (Å²) < 4.78 is 22.9. The topological polar surface area (TPSA) is 49.4 Å². The van der Waals surface area contributed by atoms with Crippen LogP contribution >= 0.6 is 0 Å². The second-order valence-electron chi connectivity index (χ2n) is 5.83. The normalized spacial score (nSPS) is 32.1. The first kappa shape index (κ1) is 14.3. The van der Waals surface area contributed by atoms with Crippen LogP contribution in [0.5, 0.6) is 0 Å². The van der Waals surface area contributed by atoms with Crippen molar-refractivity contribution in [1.82, 2.24) is 10.2 Å². The zero-order valence-corrected chi connectivity index (χ0v) is 12.4. The highest BCUT2D eigenvalue weighted by Crippen LogP contribution is 2.29. The van der Waals surface area contributed by atoms with Crippen LogP contribution in [-0.2, 0) is 9.84 Å². The van der Waals surface area contributed by atoms with Crippen molar-refractivity contribution in [1.29, 1.82) is 0 Å². The maximum atomic E-state index is 11.4. The fraction of sp³-hybridized carbons (Fsp3) is 1.00. The lowest BCUT2D eigenvalue weighted by atomic mass is 9.98. The third-order valence-corrected chi connectivity index (χ3v) is 6.27. The predicted molar refractivity (Wildman–Crippen MR) is 74.5 cm³/mol. The molecule has 0 aromatic rings. The van der Waals surface area contributed by atoms with Crippen LogP contribution in [0.3, 0.4) is 0 Å². The van der Waals surface area contributed by atoms with E-state index in [-0.39, 0.29) is 5.75 Å². The first-order valence-electron chi connectivity index (χ1n) is 7.17. The van der Waals surface area contributed by atoms with Crippen LogP contribution in [-0.4, -0.2) is 56.5 Å². The van der Waals surface area contributed by atoms with Gasteiger partial charge in [-0.3, -0.25) is 0 Å². The first-order valence-corrected chi connectivity index (χ1v) is 8.99. The van der Waals surface area contributed by atoms with Crippen LogP contribution in [0.4, 0.5) is 0 Å². The van der Waals surface area contributed by atoms with E-state index in [1.807, 2.05) is 0 Å². The molecular formula is C13H26N2O2S. The standard InChI is InChI=1S/C13H26N2O2S/c1-3-18(16,17)8-4-7-15(2)13-9-11-5-6-12(10-13)14-11/h11-14H,3-10H2,1-2H3. The minimum absolute atomic E-state index is 0.272. The fourth-order valence-electron chi connectivity index (χ4n) is 3.25. The largest absolute Gasteiger partial charge is 0.311 e. The summed E-state index contributed by atoms with van der Waals surface area (Å²) in [7, 11) is -0.647. The van der Waals surface area contributed by atoms with E-state index in [1.165, 1.54) is 25.7 Å². The average Bonchev–Trinajstić information content (AvgIpc) is 2.68. The van der Waals surface area contributed by atoms with Crippen molar-refractivity contribution in [2.24, 2.45) is 0 Å². The lowest BCUT2D eigenvalue weighted by Crippen LogP contribution is -2.47. The third kappa shape index (κ3) is 3.68. The zero-order chi connectivity index (χ0) is 13.2. The molecule has 0 radical (unpaired) electrons. The molecule has 0 amide bonds. The first-order chi connectivity index (χ1) is 8.50. The third-order valence-electron chi connectivity index (χ3n) is 4.48. The average molecular weight is 274 g/mol. The maximum Gasteiger partial charge on any atom is 0.150 e. The highest BCUT2D eigenvalue weighted by molar-refractivity contribution is 7.91. The molecule has 18 heavy (non-hydrogen) atoms. The number of nitrogens with zero attached hydrogens (tertiary/aromatic N) is 1. The minimum atomic E-state index is -2.79. The van der Waals surface area contributed by atoms with Gasteiger partial charge in [0.2, 0.25) is 0 Å². The summed E-state index contributed by atoms with van der Waals surface area (Å²) in [5.74, 6) is 0.611. The van der Waals surface area contributed by atoms with Gasteiger partial charge in [0, 0.05) is 23.9 Å². The molecule has 4 nitrogen and oxygen atoms in total. The van der Waals surface area contributed by atoms with E-state index < -0.39 is 9.84 Å². The van der Waals surface area contributed by atoms with Gasteiger partial charge in [-0.15, -0.1) is 0 Å². The van der Waals surface area contributed by atoms with Crippen LogP contribution < -0.4 is 5.32 Å². The van der Waals surface area contributed by atoms with Crippen molar-refractivity contribution in [2.75, 3.05) is 25.1 Å². The Hall–Kier alpha value is -0.130. The van der Waals surface area contributed by atoms with Crippen LogP contribution in [0.25, 0.3) is 0 Å². The molecule has 1 N–H and O–H groups in total. The van der Waals surface area contributed by atoms with Gasteiger partial charge >= 0.3 is 0 Å². The number of hydrogen-bond acceptors (Lipinski definition) is 4. The van der Waals surface area contributed by atoms with Gasteiger partial charge in [0.05, 0.1) is 5.75 Å². The lowest BCUT2D eigenvalue weighted by molar-refractivity contribution is 0.173. The summed E-state index contributed by atoms with van der Waals surface area (Å²) in [4.78, 5) is 2.37. The van der Waals surface area contributed by atoms with Crippen molar-refractivity contribution in [2.45, 2.75) is 57.2 Å². The van der Waals surface area contributed by atoms with Crippen LogP contribution in [0.15, 0.2) is 0 Å². The molecule has 2 aliphatic rings. The summed E-state index contributed by atoms with van der Waals surface area (Å²) in [5.41, 5.74) is 0. The lowest BCUT2D eigenvalue weighted by Gasteiger charge is -2.35. The van der Waals surface area contributed by atoms with Crippen molar-refractivity contribution in [3.8, 4) is 0 Å². The maximum absolute atomic E-state index is 11.4. The van der Waals surface area contributed by atoms with Gasteiger partial charge in [-0.05, 0) is 45.7 Å². The number of rotatable bonds is 6. The molecular weight excluding hydrogens is 248 g/mol. The Kier molecular flexibility index (Phi) is 4.67. The van der Waals surface area contributed by atoms with Crippen molar-refractivity contribution < 1.29 is 8.42 Å². The quantitative estimate of drug-likeness (QED) is 0.786. The highest BCUT2D eigenvalue weighted by Gasteiger charge is 2.34. The molecule has 2 saturated heterocycles. The van der Waals surface area contributed by atoms with Gasteiger partial charge in [0.25, 0.3) is 0 Å². The molecule has 0 saturated carbocycles. The Bertz CT molecular complexity index is 357. The molecule has 0 aromatic heterocycles. The molecule has 0 aliphatic carbocycles. The summed E-state index contributed by atoms with van der Waals surface area (Å²) in [6.07, 6.45) is 5.87. The zero-order valence-electron chi connectivity index (χ0n) is 11.6. The van der Waals surface area contributed by atoms with E-state index in [0.717, 1.165) is 13.0 Å². The van der Waals surface area contributed by atoms with Crippen LogP contribution in [0.1, 0.15) is 39.0 Å². The van der Waals surface area contributed by atoms with Gasteiger partial charge in [-0.1, -0.05) is 6.92 Å². The molecule has 0 spiro atoms. The second kappa shape index (κ2) is 5.88. The molecule has 2 unspecified atom stereocenters. The SMILES string of the molecule is CCS(=O)(=O)CCCN(C)C1CC2CCC(C1)N2. The molecule has 2 heterocycles. The molecule has 2 aliphatic heterocycles. The van der Waals surface area contributed by atoms with Gasteiger partial charge < -0.3 is 10.2 Å². The van der Waals surface area contributed by atoms with Gasteiger partial charge in [-0.2, -0.15) is 0 Å². The van der Waals surface area contributed by atoms with Crippen molar-refractivity contribution >= 4 is 9.84 Å². The number of nitrogens with one attached hydrogen (secondary N) is 1. The Morgan fingerprint density at radius 3 is 2.39 bits per heavy atom. The predicted octanol–water partition coefficient (Wildman–Crippen LogP) is 1.03. The minimum Gasteiger partial charge on any atom is -0.311 e. The second-order valence-corrected chi connectivity index (χ2v) is 8.31. The fourth-order valence-corrected chi connectivity index (χ4v) is 4.11. The van der Waals surface area contributed by atoms with Gasteiger partial charge in [0.15, 0.2) is 0 Å². The van der Waals surface area contributed by atoms with E-state index in [2.05, 4.69) is 17.3 Å². The highest BCUT2D eigenvalue weighted by atomic mass is 32.2. The van der Waals surface area contributed by atoms with E-state index in [0.29, 0.717) is 23.9 Å². The molecule has 2 rings (SSSR count). The Morgan fingerprint density at radius 1 is 1.22 bits per heavy atom. The molecule has 5 heteroatoms. The number of piperidine rings is 1.